The molecule has 0 saturated carbocycles. The van der Waals surface area contributed by atoms with E-state index in [2.05, 4.69) is 25.8 Å². The maximum Gasteiger partial charge on any atom is 0.359 e. The lowest BCUT2D eigenvalue weighted by Crippen LogP contribution is -2.19. The molecule has 1 aromatic heterocycles. The van der Waals surface area contributed by atoms with Crippen LogP contribution in [-0.2, 0) is 9.47 Å². The maximum absolute atomic E-state index is 11.4. The normalized spacial score (nSPS) is 20.8. The van der Waals surface area contributed by atoms with Gasteiger partial charge in [0.25, 0.3) is 0 Å². The van der Waals surface area contributed by atoms with Gasteiger partial charge >= 0.3 is 5.97 Å². The molecule has 1 aliphatic rings. The highest BCUT2D eigenvalue weighted by atomic mass is 79.9. The standard InChI is InChI=1S/C10H13BrN2O3/c1-15-10(14)9-7(11)6-13(12-9)8-4-2-3-5-16-8/h6,8H,2-5H2,1H3. The summed E-state index contributed by atoms with van der Waals surface area (Å²) >= 11 is 3.29. The van der Waals surface area contributed by atoms with E-state index in [-0.39, 0.29) is 11.9 Å². The average Bonchev–Trinajstić information content (AvgIpc) is 2.71. The zero-order chi connectivity index (χ0) is 11.5. The largest absolute Gasteiger partial charge is 0.464 e. The number of nitrogens with zero attached hydrogens (tertiary/aromatic N) is 2. The summed E-state index contributed by atoms with van der Waals surface area (Å²) in [4.78, 5) is 11.4. The molecular formula is C10H13BrN2O3. The highest BCUT2D eigenvalue weighted by molar-refractivity contribution is 9.10. The third-order valence-electron chi connectivity index (χ3n) is 2.52. The molecule has 1 aromatic rings. The van der Waals surface area contributed by atoms with Gasteiger partial charge in [0.05, 0.1) is 11.6 Å². The molecule has 0 aliphatic carbocycles. The fraction of sp³-hybridized carbons (Fsp3) is 0.600. The van der Waals surface area contributed by atoms with E-state index in [1.54, 1.807) is 10.9 Å². The first kappa shape index (κ1) is 11.6. The van der Waals surface area contributed by atoms with Crippen LogP contribution in [0, 0.1) is 0 Å². The third-order valence-corrected chi connectivity index (χ3v) is 3.10. The molecule has 0 amide bonds. The van der Waals surface area contributed by atoms with Gasteiger partial charge in [0.15, 0.2) is 5.69 Å². The molecule has 1 aliphatic heterocycles. The topological polar surface area (TPSA) is 53.3 Å². The Bertz CT molecular complexity index is 385. The fourth-order valence-corrected chi connectivity index (χ4v) is 2.14. The van der Waals surface area contributed by atoms with E-state index in [1.165, 1.54) is 7.11 Å². The van der Waals surface area contributed by atoms with Crippen LogP contribution < -0.4 is 0 Å². The van der Waals surface area contributed by atoms with Gasteiger partial charge in [-0.1, -0.05) is 0 Å². The first-order valence-electron chi connectivity index (χ1n) is 5.17. The monoisotopic (exact) mass is 288 g/mol. The van der Waals surface area contributed by atoms with Crippen molar-refractivity contribution in [1.29, 1.82) is 0 Å². The number of esters is 1. The SMILES string of the molecule is COC(=O)c1nn(C2CCCCO2)cc1Br. The molecule has 1 atom stereocenters. The van der Waals surface area contributed by atoms with Gasteiger partial charge in [0.2, 0.25) is 0 Å². The van der Waals surface area contributed by atoms with Crippen molar-refractivity contribution in [1.82, 2.24) is 9.78 Å². The van der Waals surface area contributed by atoms with E-state index in [0.29, 0.717) is 4.47 Å². The fourth-order valence-electron chi connectivity index (χ4n) is 1.68. The molecule has 1 fully saturated rings. The van der Waals surface area contributed by atoms with Gasteiger partial charge < -0.3 is 9.47 Å². The molecule has 6 heteroatoms. The molecule has 0 bridgehead atoms. The van der Waals surface area contributed by atoms with Crippen LogP contribution in [0.3, 0.4) is 0 Å². The van der Waals surface area contributed by atoms with E-state index < -0.39 is 5.97 Å². The Hall–Kier alpha value is -0.880. The van der Waals surface area contributed by atoms with Gasteiger partial charge in [-0.2, -0.15) is 5.10 Å². The van der Waals surface area contributed by atoms with Crippen molar-refractivity contribution in [2.24, 2.45) is 0 Å². The Morgan fingerprint density at radius 3 is 3.12 bits per heavy atom. The van der Waals surface area contributed by atoms with E-state index in [4.69, 9.17) is 4.74 Å². The second-order valence-corrected chi connectivity index (χ2v) is 4.47. The van der Waals surface area contributed by atoms with E-state index in [9.17, 15) is 4.79 Å². The molecule has 0 aromatic carbocycles. The highest BCUT2D eigenvalue weighted by Crippen LogP contribution is 2.25. The van der Waals surface area contributed by atoms with Crippen molar-refractivity contribution in [2.45, 2.75) is 25.5 Å². The lowest BCUT2D eigenvalue weighted by Gasteiger charge is -2.22. The summed E-state index contributed by atoms with van der Waals surface area (Å²) in [6.07, 6.45) is 4.82. The van der Waals surface area contributed by atoms with E-state index >= 15 is 0 Å². The highest BCUT2D eigenvalue weighted by Gasteiger charge is 2.21. The average molecular weight is 289 g/mol. The summed E-state index contributed by atoms with van der Waals surface area (Å²) in [5.74, 6) is -0.443. The van der Waals surface area contributed by atoms with Crippen LogP contribution in [0.5, 0.6) is 0 Å². The lowest BCUT2D eigenvalue weighted by atomic mass is 10.2. The van der Waals surface area contributed by atoms with Crippen LogP contribution >= 0.6 is 15.9 Å². The Morgan fingerprint density at radius 1 is 1.69 bits per heavy atom. The predicted octanol–water partition coefficient (Wildman–Crippen LogP) is 2.13. The third kappa shape index (κ3) is 2.27. The molecule has 88 valence electrons. The minimum Gasteiger partial charge on any atom is -0.464 e. The number of carbonyl (C=O) groups excluding carboxylic acids is 1. The summed E-state index contributed by atoms with van der Waals surface area (Å²) in [5.41, 5.74) is 0.289. The zero-order valence-electron chi connectivity index (χ0n) is 8.98. The molecule has 1 unspecified atom stereocenters. The number of aromatic nitrogens is 2. The van der Waals surface area contributed by atoms with Gasteiger partial charge in [0.1, 0.15) is 6.23 Å². The summed E-state index contributed by atoms with van der Waals surface area (Å²) in [7, 11) is 1.34. The van der Waals surface area contributed by atoms with Gasteiger partial charge in [-0.3, -0.25) is 0 Å². The quantitative estimate of drug-likeness (QED) is 0.783. The van der Waals surface area contributed by atoms with Gasteiger partial charge in [0, 0.05) is 12.8 Å². The molecule has 0 radical (unpaired) electrons. The van der Waals surface area contributed by atoms with Crippen LogP contribution in [0.15, 0.2) is 10.7 Å². The van der Waals surface area contributed by atoms with Crippen molar-refractivity contribution in [2.75, 3.05) is 13.7 Å². The Labute approximate surface area is 102 Å². The molecule has 1 saturated heterocycles. The molecule has 2 heterocycles. The first-order valence-corrected chi connectivity index (χ1v) is 5.96. The molecule has 0 N–H and O–H groups in total. The van der Waals surface area contributed by atoms with Crippen LogP contribution in [-0.4, -0.2) is 29.5 Å². The zero-order valence-corrected chi connectivity index (χ0v) is 10.6. The number of rotatable bonds is 2. The van der Waals surface area contributed by atoms with Crippen molar-refractivity contribution >= 4 is 21.9 Å². The summed E-state index contributed by atoms with van der Waals surface area (Å²) in [6.45, 7) is 0.746. The predicted molar refractivity (Wildman–Crippen MR) is 60.1 cm³/mol. The molecular weight excluding hydrogens is 276 g/mol. The van der Waals surface area contributed by atoms with Crippen molar-refractivity contribution < 1.29 is 14.3 Å². The second kappa shape index (κ2) is 4.97. The number of methoxy groups -OCH3 is 1. The summed E-state index contributed by atoms with van der Waals surface area (Å²) < 4.78 is 12.5. The summed E-state index contributed by atoms with van der Waals surface area (Å²) in [5, 5.41) is 4.17. The number of halogens is 1. The lowest BCUT2D eigenvalue weighted by molar-refractivity contribution is -0.0397. The van der Waals surface area contributed by atoms with Crippen LogP contribution in [0.2, 0.25) is 0 Å². The van der Waals surface area contributed by atoms with Crippen molar-refractivity contribution in [3.05, 3.63) is 16.4 Å². The van der Waals surface area contributed by atoms with E-state index in [0.717, 1.165) is 25.9 Å². The van der Waals surface area contributed by atoms with Crippen molar-refractivity contribution in [3.8, 4) is 0 Å². The number of hydrogen-bond acceptors (Lipinski definition) is 4. The van der Waals surface area contributed by atoms with Gasteiger partial charge in [-0.05, 0) is 35.2 Å². The number of ether oxygens (including phenoxy) is 2. The van der Waals surface area contributed by atoms with Crippen LogP contribution in [0.4, 0.5) is 0 Å². The Kier molecular flexibility index (Phi) is 3.60. The molecule has 16 heavy (non-hydrogen) atoms. The maximum atomic E-state index is 11.4. The van der Waals surface area contributed by atoms with Crippen molar-refractivity contribution in [3.63, 3.8) is 0 Å². The smallest absolute Gasteiger partial charge is 0.359 e. The van der Waals surface area contributed by atoms with Crippen LogP contribution in [0.25, 0.3) is 0 Å². The van der Waals surface area contributed by atoms with Crippen LogP contribution in [0.1, 0.15) is 36.0 Å². The summed E-state index contributed by atoms with van der Waals surface area (Å²) in [6, 6.07) is 0. The number of carbonyl (C=O) groups is 1. The van der Waals surface area contributed by atoms with E-state index in [1.807, 2.05) is 0 Å². The molecule has 0 spiro atoms. The minimum absolute atomic E-state index is 0.0662. The minimum atomic E-state index is -0.443. The Balaban J connectivity index is 2.19. The molecule has 2 rings (SSSR count). The first-order chi connectivity index (χ1) is 7.72. The van der Waals surface area contributed by atoms with Gasteiger partial charge in [-0.15, -0.1) is 0 Å². The molecule has 5 nitrogen and oxygen atoms in total. The number of hydrogen-bond donors (Lipinski definition) is 0. The second-order valence-electron chi connectivity index (χ2n) is 3.62. The van der Waals surface area contributed by atoms with Gasteiger partial charge in [-0.25, -0.2) is 9.48 Å². The Morgan fingerprint density at radius 2 is 2.50 bits per heavy atom.